The van der Waals surface area contributed by atoms with E-state index in [1.807, 2.05) is 30.3 Å². The number of nitrogens with zero attached hydrogens (tertiary/aromatic N) is 2. The normalized spacial score (nSPS) is 10.7. The summed E-state index contributed by atoms with van der Waals surface area (Å²) in [5, 5.41) is 2.77. The van der Waals surface area contributed by atoms with Crippen LogP contribution in [0.3, 0.4) is 0 Å². The minimum atomic E-state index is -0.689. The maximum Gasteiger partial charge on any atom is 0.418 e. The average molecular weight is 452 g/mol. The Bertz CT molecular complexity index is 1040. The Morgan fingerprint density at radius 3 is 2.61 bits per heavy atom. The fraction of sp³-hybridized carbons (Fsp3) is 0.320. The molecule has 1 heterocycles. The molecule has 0 aliphatic heterocycles. The van der Waals surface area contributed by atoms with Gasteiger partial charge in [0.1, 0.15) is 12.4 Å². The Labute approximate surface area is 193 Å². The summed E-state index contributed by atoms with van der Waals surface area (Å²) in [7, 11) is 1.53. The molecule has 0 unspecified atom stereocenters. The molecular formula is C25H29N3O5. The third kappa shape index (κ3) is 6.83. The van der Waals surface area contributed by atoms with E-state index in [1.165, 1.54) is 13.5 Å². The number of amides is 3. The van der Waals surface area contributed by atoms with Gasteiger partial charge in [0.15, 0.2) is 12.2 Å². The molecule has 8 nitrogen and oxygen atoms in total. The van der Waals surface area contributed by atoms with Gasteiger partial charge in [-0.05, 0) is 36.5 Å². The number of carbonyl (C=O) groups is 2. The molecule has 0 fully saturated rings. The van der Waals surface area contributed by atoms with E-state index in [4.69, 9.17) is 13.9 Å². The first-order valence-corrected chi connectivity index (χ1v) is 10.8. The summed E-state index contributed by atoms with van der Waals surface area (Å²) >= 11 is 0. The van der Waals surface area contributed by atoms with Gasteiger partial charge < -0.3 is 19.2 Å². The largest absolute Gasteiger partial charge is 0.496 e. The van der Waals surface area contributed by atoms with Gasteiger partial charge in [-0.2, -0.15) is 0 Å². The van der Waals surface area contributed by atoms with Crippen LogP contribution in [0.2, 0.25) is 0 Å². The maximum atomic E-state index is 13.0. The number of hydrogen-bond acceptors (Lipinski definition) is 6. The zero-order chi connectivity index (χ0) is 23.6. The van der Waals surface area contributed by atoms with Crippen LogP contribution < -0.4 is 10.1 Å². The van der Waals surface area contributed by atoms with Crippen molar-refractivity contribution >= 4 is 17.8 Å². The number of carbonyl (C=O) groups excluding carboxylic acids is 2. The number of benzene rings is 2. The fourth-order valence-corrected chi connectivity index (χ4v) is 3.24. The Kier molecular flexibility index (Phi) is 8.46. The molecule has 174 valence electrons. The lowest BCUT2D eigenvalue weighted by molar-refractivity contribution is 0.106. The Morgan fingerprint density at radius 2 is 1.94 bits per heavy atom. The molecule has 0 radical (unpaired) electrons. The predicted molar refractivity (Wildman–Crippen MR) is 125 cm³/mol. The van der Waals surface area contributed by atoms with E-state index in [1.54, 1.807) is 24.4 Å². The molecule has 1 aromatic heterocycles. The molecule has 2 aromatic carbocycles. The van der Waals surface area contributed by atoms with Gasteiger partial charge in [-0.25, -0.2) is 19.5 Å². The molecule has 0 bridgehead atoms. The van der Waals surface area contributed by atoms with Crippen molar-refractivity contribution in [2.24, 2.45) is 5.92 Å². The van der Waals surface area contributed by atoms with E-state index in [-0.39, 0.29) is 13.2 Å². The standard InChI is InChI=1S/C25H29N3O5/c1-18(2)8-7-13-28(25(30)32-16-19-9-5-4-6-10-19)24(29)27-20-11-12-21(22(14-20)31-3)23-15-26-17-33-23/h4-6,9-12,14-15,17-18H,7-8,13,16H2,1-3H3,(H,27,29). The number of imide groups is 1. The smallest absolute Gasteiger partial charge is 0.418 e. The first kappa shape index (κ1) is 23.8. The van der Waals surface area contributed by atoms with Crippen molar-refractivity contribution in [3.05, 3.63) is 66.7 Å². The molecule has 0 aliphatic carbocycles. The molecule has 0 saturated carbocycles. The van der Waals surface area contributed by atoms with Gasteiger partial charge in [0.05, 0.1) is 18.9 Å². The van der Waals surface area contributed by atoms with Crippen molar-refractivity contribution in [2.75, 3.05) is 19.0 Å². The minimum Gasteiger partial charge on any atom is -0.496 e. The number of oxazole rings is 1. The number of aromatic nitrogens is 1. The number of methoxy groups -OCH3 is 1. The van der Waals surface area contributed by atoms with Gasteiger partial charge in [0, 0.05) is 18.3 Å². The first-order valence-electron chi connectivity index (χ1n) is 10.8. The molecule has 3 amide bonds. The number of urea groups is 1. The van der Waals surface area contributed by atoms with E-state index in [0.717, 1.165) is 16.9 Å². The second-order valence-electron chi connectivity index (χ2n) is 7.94. The molecule has 0 saturated heterocycles. The number of ether oxygens (including phenoxy) is 2. The zero-order valence-electron chi connectivity index (χ0n) is 19.1. The van der Waals surface area contributed by atoms with Crippen LogP contribution in [0.15, 0.2) is 65.5 Å². The van der Waals surface area contributed by atoms with E-state index in [9.17, 15) is 9.59 Å². The van der Waals surface area contributed by atoms with Crippen molar-refractivity contribution < 1.29 is 23.5 Å². The first-order chi connectivity index (χ1) is 16.0. The monoisotopic (exact) mass is 451 g/mol. The fourth-order valence-electron chi connectivity index (χ4n) is 3.24. The third-order valence-corrected chi connectivity index (χ3v) is 4.98. The van der Waals surface area contributed by atoms with E-state index >= 15 is 0 Å². The summed E-state index contributed by atoms with van der Waals surface area (Å²) in [6, 6.07) is 13.9. The summed E-state index contributed by atoms with van der Waals surface area (Å²) < 4.78 is 16.2. The summed E-state index contributed by atoms with van der Waals surface area (Å²) in [6.45, 7) is 4.54. The van der Waals surface area contributed by atoms with Gasteiger partial charge in [-0.3, -0.25) is 0 Å². The predicted octanol–water partition coefficient (Wildman–Crippen LogP) is 5.96. The van der Waals surface area contributed by atoms with Crippen LogP contribution in [0.25, 0.3) is 11.3 Å². The van der Waals surface area contributed by atoms with Crippen LogP contribution >= 0.6 is 0 Å². The van der Waals surface area contributed by atoms with E-state index < -0.39 is 12.1 Å². The lowest BCUT2D eigenvalue weighted by Gasteiger charge is -2.21. The number of nitrogens with one attached hydrogen (secondary N) is 1. The van der Waals surface area contributed by atoms with Crippen molar-refractivity contribution in [1.29, 1.82) is 0 Å². The Morgan fingerprint density at radius 1 is 1.15 bits per heavy atom. The molecule has 1 N–H and O–H groups in total. The highest BCUT2D eigenvalue weighted by atomic mass is 16.6. The lowest BCUT2D eigenvalue weighted by atomic mass is 10.1. The average Bonchev–Trinajstić information content (AvgIpc) is 3.35. The zero-order valence-corrected chi connectivity index (χ0v) is 19.1. The topological polar surface area (TPSA) is 93.9 Å². The molecule has 8 heteroatoms. The van der Waals surface area contributed by atoms with E-state index in [0.29, 0.717) is 35.1 Å². The van der Waals surface area contributed by atoms with Crippen LogP contribution in [0.5, 0.6) is 5.75 Å². The number of hydrogen-bond donors (Lipinski definition) is 1. The van der Waals surface area contributed by atoms with Crippen molar-refractivity contribution in [3.8, 4) is 17.1 Å². The van der Waals surface area contributed by atoms with Gasteiger partial charge in [-0.15, -0.1) is 0 Å². The van der Waals surface area contributed by atoms with Crippen LogP contribution in [0.1, 0.15) is 32.3 Å². The summed E-state index contributed by atoms with van der Waals surface area (Å²) in [5.41, 5.74) is 2.02. The highest BCUT2D eigenvalue weighted by molar-refractivity contribution is 5.99. The highest BCUT2D eigenvalue weighted by Crippen LogP contribution is 2.32. The van der Waals surface area contributed by atoms with Crippen LogP contribution in [-0.4, -0.2) is 35.7 Å². The highest BCUT2D eigenvalue weighted by Gasteiger charge is 2.23. The van der Waals surface area contributed by atoms with Crippen LogP contribution in [0.4, 0.5) is 15.3 Å². The summed E-state index contributed by atoms with van der Waals surface area (Å²) in [4.78, 5) is 30.8. The molecular weight excluding hydrogens is 422 g/mol. The Balaban J connectivity index is 1.71. The minimum absolute atomic E-state index is 0.0906. The van der Waals surface area contributed by atoms with Gasteiger partial charge in [0.2, 0.25) is 0 Å². The maximum absolute atomic E-state index is 13.0. The second kappa shape index (κ2) is 11.7. The molecule has 3 aromatic rings. The SMILES string of the molecule is COc1cc(NC(=O)N(CCCC(C)C)C(=O)OCc2ccccc2)ccc1-c1cnco1. The molecule has 33 heavy (non-hydrogen) atoms. The summed E-state index contributed by atoms with van der Waals surface area (Å²) in [6.07, 6.45) is 3.79. The van der Waals surface area contributed by atoms with Gasteiger partial charge in [-0.1, -0.05) is 44.2 Å². The third-order valence-electron chi connectivity index (χ3n) is 4.98. The number of anilines is 1. The number of rotatable bonds is 9. The molecule has 3 rings (SSSR count). The van der Waals surface area contributed by atoms with E-state index in [2.05, 4.69) is 24.1 Å². The Hall–Kier alpha value is -3.81. The quantitative estimate of drug-likeness (QED) is 0.432. The lowest BCUT2D eigenvalue weighted by Crippen LogP contribution is -2.41. The van der Waals surface area contributed by atoms with Gasteiger partial charge in [0.25, 0.3) is 0 Å². The van der Waals surface area contributed by atoms with Gasteiger partial charge >= 0.3 is 12.1 Å². The van der Waals surface area contributed by atoms with Crippen molar-refractivity contribution in [1.82, 2.24) is 9.88 Å². The van der Waals surface area contributed by atoms with Crippen molar-refractivity contribution in [2.45, 2.75) is 33.3 Å². The van der Waals surface area contributed by atoms with Crippen LogP contribution in [-0.2, 0) is 11.3 Å². The molecule has 0 aliphatic rings. The second-order valence-corrected chi connectivity index (χ2v) is 7.94. The van der Waals surface area contributed by atoms with Crippen LogP contribution in [0, 0.1) is 5.92 Å². The molecule has 0 spiro atoms. The summed E-state index contributed by atoms with van der Waals surface area (Å²) in [5.74, 6) is 1.51. The van der Waals surface area contributed by atoms with Crippen molar-refractivity contribution in [3.63, 3.8) is 0 Å². The molecule has 0 atom stereocenters.